The van der Waals surface area contributed by atoms with Crippen LogP contribution < -0.4 is 10.6 Å². The number of anilines is 2. The predicted octanol–water partition coefficient (Wildman–Crippen LogP) is 3.51. The van der Waals surface area contributed by atoms with Gasteiger partial charge in [-0.25, -0.2) is 9.97 Å². The number of carbonyl (C=O) groups excluding carboxylic acids is 1. The number of carbonyl (C=O) groups is 1. The van der Waals surface area contributed by atoms with Gasteiger partial charge in [0.05, 0.1) is 18.1 Å². The first-order valence-electron chi connectivity index (χ1n) is 6.82. The number of hydrogen-bond acceptors (Lipinski definition) is 4. The lowest BCUT2D eigenvalue weighted by molar-refractivity contribution is 0.0948. The molecule has 0 fully saturated rings. The molecule has 1 aromatic carbocycles. The summed E-state index contributed by atoms with van der Waals surface area (Å²) in [6.45, 7) is 2.74. The average molecular weight is 349 g/mol. The van der Waals surface area contributed by atoms with Gasteiger partial charge in [-0.3, -0.25) is 4.79 Å². The molecule has 1 amide bonds. The van der Waals surface area contributed by atoms with Crippen LogP contribution >= 0.6 is 15.9 Å². The van der Waals surface area contributed by atoms with Crippen LogP contribution in [-0.4, -0.2) is 22.4 Å². The van der Waals surface area contributed by atoms with Crippen molar-refractivity contribution in [1.29, 1.82) is 0 Å². The van der Waals surface area contributed by atoms with E-state index in [0.29, 0.717) is 18.1 Å². The van der Waals surface area contributed by atoms with Gasteiger partial charge in [-0.05, 0) is 34.5 Å². The lowest BCUT2D eigenvalue weighted by atomic mass is 10.3. The van der Waals surface area contributed by atoms with Gasteiger partial charge in [0, 0.05) is 11.0 Å². The summed E-state index contributed by atoms with van der Waals surface area (Å²) in [5.74, 6) is 0.399. The Morgan fingerprint density at radius 1 is 1.24 bits per heavy atom. The smallest absolute Gasteiger partial charge is 0.271 e. The van der Waals surface area contributed by atoms with Crippen LogP contribution in [0.2, 0.25) is 0 Å². The van der Waals surface area contributed by atoms with E-state index in [9.17, 15) is 4.79 Å². The number of aromatic nitrogens is 2. The van der Waals surface area contributed by atoms with Crippen molar-refractivity contribution in [3.63, 3.8) is 0 Å². The minimum absolute atomic E-state index is 0.191. The van der Waals surface area contributed by atoms with E-state index < -0.39 is 0 Å². The Kier molecular flexibility index (Phi) is 5.68. The van der Waals surface area contributed by atoms with Crippen LogP contribution in [-0.2, 0) is 0 Å². The molecule has 0 atom stereocenters. The highest BCUT2D eigenvalue weighted by molar-refractivity contribution is 9.10. The van der Waals surface area contributed by atoms with Crippen molar-refractivity contribution in [2.24, 2.45) is 0 Å². The third kappa shape index (κ3) is 4.53. The van der Waals surface area contributed by atoms with E-state index in [0.717, 1.165) is 23.0 Å². The normalized spacial score (nSPS) is 10.2. The van der Waals surface area contributed by atoms with E-state index in [1.165, 1.54) is 6.20 Å². The third-order valence-electron chi connectivity index (χ3n) is 2.84. The fourth-order valence-electron chi connectivity index (χ4n) is 1.68. The molecular formula is C15H17BrN4O. The molecule has 0 saturated carbocycles. The molecule has 0 aliphatic carbocycles. The van der Waals surface area contributed by atoms with E-state index >= 15 is 0 Å². The van der Waals surface area contributed by atoms with Crippen molar-refractivity contribution < 1.29 is 4.79 Å². The lowest BCUT2D eigenvalue weighted by Crippen LogP contribution is -2.25. The molecule has 0 radical (unpaired) electrons. The molecule has 1 aromatic heterocycles. The van der Waals surface area contributed by atoms with Crippen LogP contribution in [0.5, 0.6) is 0 Å². The SMILES string of the molecule is CCCCNC(=O)c1cnc(Nc2ccccc2Br)cn1. The van der Waals surface area contributed by atoms with E-state index in [-0.39, 0.29) is 5.91 Å². The fourth-order valence-corrected chi connectivity index (χ4v) is 2.06. The summed E-state index contributed by atoms with van der Waals surface area (Å²) in [4.78, 5) is 20.1. The van der Waals surface area contributed by atoms with Gasteiger partial charge in [0.2, 0.25) is 0 Å². The second-order valence-corrected chi connectivity index (χ2v) is 5.36. The van der Waals surface area contributed by atoms with Gasteiger partial charge < -0.3 is 10.6 Å². The predicted molar refractivity (Wildman–Crippen MR) is 86.7 cm³/mol. The number of para-hydroxylation sites is 1. The summed E-state index contributed by atoms with van der Waals surface area (Å²) in [6.07, 6.45) is 5.02. The van der Waals surface area contributed by atoms with Crippen molar-refractivity contribution in [2.45, 2.75) is 19.8 Å². The number of benzene rings is 1. The molecule has 110 valence electrons. The lowest BCUT2D eigenvalue weighted by Gasteiger charge is -2.08. The van der Waals surface area contributed by atoms with Crippen molar-refractivity contribution in [1.82, 2.24) is 15.3 Å². The highest BCUT2D eigenvalue weighted by Gasteiger charge is 2.07. The third-order valence-corrected chi connectivity index (χ3v) is 3.53. The van der Waals surface area contributed by atoms with Crippen LogP contribution in [0.1, 0.15) is 30.3 Å². The molecular weight excluding hydrogens is 332 g/mol. The molecule has 0 aliphatic rings. The molecule has 0 aliphatic heterocycles. The number of nitrogens with one attached hydrogen (secondary N) is 2. The van der Waals surface area contributed by atoms with Crippen molar-refractivity contribution in [3.8, 4) is 0 Å². The Morgan fingerprint density at radius 2 is 2.05 bits per heavy atom. The van der Waals surface area contributed by atoms with Crippen LogP contribution in [0, 0.1) is 0 Å². The number of amides is 1. The maximum atomic E-state index is 11.8. The van der Waals surface area contributed by atoms with Crippen LogP contribution in [0.4, 0.5) is 11.5 Å². The maximum absolute atomic E-state index is 11.8. The summed E-state index contributed by atoms with van der Waals surface area (Å²) < 4.78 is 0.938. The Labute approximate surface area is 132 Å². The van der Waals surface area contributed by atoms with Gasteiger partial charge in [-0.2, -0.15) is 0 Å². The largest absolute Gasteiger partial charge is 0.351 e. The van der Waals surface area contributed by atoms with Crippen LogP contribution in [0.3, 0.4) is 0 Å². The van der Waals surface area contributed by atoms with Crippen LogP contribution in [0.15, 0.2) is 41.1 Å². The Morgan fingerprint density at radius 3 is 2.71 bits per heavy atom. The second-order valence-electron chi connectivity index (χ2n) is 4.50. The molecule has 1 heterocycles. The highest BCUT2D eigenvalue weighted by Crippen LogP contribution is 2.23. The maximum Gasteiger partial charge on any atom is 0.271 e. The first-order valence-corrected chi connectivity index (χ1v) is 7.62. The van der Waals surface area contributed by atoms with E-state index in [2.05, 4.69) is 43.5 Å². The molecule has 0 bridgehead atoms. The number of halogens is 1. The van der Waals surface area contributed by atoms with E-state index in [1.54, 1.807) is 6.20 Å². The zero-order valence-electron chi connectivity index (χ0n) is 11.8. The van der Waals surface area contributed by atoms with Crippen molar-refractivity contribution >= 4 is 33.3 Å². The topological polar surface area (TPSA) is 66.9 Å². The molecule has 21 heavy (non-hydrogen) atoms. The van der Waals surface area contributed by atoms with E-state index in [4.69, 9.17) is 0 Å². The number of nitrogens with zero attached hydrogens (tertiary/aromatic N) is 2. The Bertz CT molecular complexity index is 601. The average Bonchev–Trinajstić information content (AvgIpc) is 2.50. The summed E-state index contributed by atoms with van der Waals surface area (Å²) in [5, 5.41) is 5.95. The first kappa shape index (κ1) is 15.4. The molecule has 0 unspecified atom stereocenters. The standard InChI is InChI=1S/C15H17BrN4O/c1-2-3-8-17-15(21)13-9-19-14(10-18-13)20-12-7-5-4-6-11(12)16/h4-7,9-10H,2-3,8H2,1H3,(H,17,21)(H,19,20). The Hall–Kier alpha value is -1.95. The summed E-state index contributed by atoms with van der Waals surface area (Å²) >= 11 is 3.45. The van der Waals surface area contributed by atoms with Crippen LogP contribution in [0.25, 0.3) is 0 Å². The van der Waals surface area contributed by atoms with Gasteiger partial charge in [-0.1, -0.05) is 25.5 Å². The summed E-state index contributed by atoms with van der Waals surface area (Å²) in [6, 6.07) is 7.73. The second kappa shape index (κ2) is 7.73. The molecule has 0 spiro atoms. The molecule has 5 nitrogen and oxygen atoms in total. The van der Waals surface area contributed by atoms with Gasteiger partial charge in [0.15, 0.2) is 0 Å². The molecule has 0 saturated heterocycles. The van der Waals surface area contributed by atoms with E-state index in [1.807, 2.05) is 24.3 Å². The summed E-state index contributed by atoms with van der Waals surface area (Å²) in [5.41, 5.74) is 1.22. The van der Waals surface area contributed by atoms with Gasteiger partial charge in [0.1, 0.15) is 11.5 Å². The van der Waals surface area contributed by atoms with Crippen molar-refractivity contribution in [3.05, 3.63) is 46.8 Å². The minimum Gasteiger partial charge on any atom is -0.351 e. The van der Waals surface area contributed by atoms with Gasteiger partial charge >= 0.3 is 0 Å². The molecule has 2 aromatic rings. The number of unbranched alkanes of at least 4 members (excludes halogenated alkanes) is 1. The molecule has 2 N–H and O–H groups in total. The molecule has 6 heteroatoms. The minimum atomic E-state index is -0.191. The highest BCUT2D eigenvalue weighted by atomic mass is 79.9. The monoisotopic (exact) mass is 348 g/mol. The fraction of sp³-hybridized carbons (Fsp3) is 0.267. The van der Waals surface area contributed by atoms with Crippen molar-refractivity contribution in [2.75, 3.05) is 11.9 Å². The van der Waals surface area contributed by atoms with Gasteiger partial charge in [0.25, 0.3) is 5.91 Å². The molecule has 2 rings (SSSR count). The first-order chi connectivity index (χ1) is 10.2. The number of rotatable bonds is 6. The number of hydrogen-bond donors (Lipinski definition) is 2. The summed E-state index contributed by atoms with van der Waals surface area (Å²) in [7, 11) is 0. The zero-order chi connectivity index (χ0) is 15.1. The quantitative estimate of drug-likeness (QED) is 0.784. The van der Waals surface area contributed by atoms with Gasteiger partial charge in [-0.15, -0.1) is 0 Å². The zero-order valence-corrected chi connectivity index (χ0v) is 13.4. The Balaban J connectivity index is 1.99.